The minimum atomic E-state index is -4.34. The Hall–Kier alpha value is -3.06. The van der Waals surface area contributed by atoms with Gasteiger partial charge in [-0.05, 0) is 29.0 Å². The zero-order chi connectivity index (χ0) is 20.0. The molecule has 3 aromatic carbocycles. The fraction of sp³-hybridized carbons (Fsp3) is 0.136. The first-order valence-corrected chi connectivity index (χ1v) is 9.88. The van der Waals surface area contributed by atoms with Crippen LogP contribution in [0.1, 0.15) is 11.1 Å². The number of aromatic nitrogens is 1. The van der Waals surface area contributed by atoms with E-state index in [1.165, 1.54) is 23.5 Å². The van der Waals surface area contributed by atoms with Gasteiger partial charge in [0.2, 0.25) is 0 Å². The van der Waals surface area contributed by atoms with E-state index in [9.17, 15) is 13.2 Å². The van der Waals surface area contributed by atoms with Crippen molar-refractivity contribution in [2.45, 2.75) is 12.7 Å². The molecule has 146 valence electrons. The maximum atomic E-state index is 12.8. The second-order valence-corrected chi connectivity index (χ2v) is 7.66. The zero-order valence-corrected chi connectivity index (χ0v) is 15.9. The average Bonchev–Trinajstić information content (AvgIpc) is 3.23. The predicted octanol–water partition coefficient (Wildman–Crippen LogP) is 6.34. The fourth-order valence-electron chi connectivity index (χ4n) is 3.49. The lowest BCUT2D eigenvalue weighted by atomic mass is 10.0. The fourth-order valence-corrected chi connectivity index (χ4v) is 4.32. The molecule has 0 aliphatic carbocycles. The highest BCUT2D eigenvalue weighted by Gasteiger charge is 2.30. The normalized spacial score (nSPS) is 14.0. The summed E-state index contributed by atoms with van der Waals surface area (Å²) in [4.78, 5) is 6.67. The number of halogens is 3. The molecule has 5 rings (SSSR count). The lowest BCUT2D eigenvalue weighted by Gasteiger charge is -2.29. The Kier molecular flexibility index (Phi) is 4.20. The second kappa shape index (κ2) is 6.77. The van der Waals surface area contributed by atoms with Crippen LogP contribution < -0.4 is 9.64 Å². The first-order chi connectivity index (χ1) is 14.0. The number of fused-ring (bicyclic) bond motifs is 3. The number of ether oxygens (including phenoxy) is 1. The summed E-state index contributed by atoms with van der Waals surface area (Å²) in [5.74, 6) is 0.875. The summed E-state index contributed by atoms with van der Waals surface area (Å²) in [5.41, 5.74) is 1.76. The summed E-state index contributed by atoms with van der Waals surface area (Å²) in [5, 5.41) is 4.94. The molecule has 0 spiro atoms. The van der Waals surface area contributed by atoms with Crippen LogP contribution in [0.3, 0.4) is 0 Å². The van der Waals surface area contributed by atoms with Crippen molar-refractivity contribution in [1.29, 1.82) is 0 Å². The summed E-state index contributed by atoms with van der Waals surface area (Å²) >= 11 is 1.45. The lowest BCUT2D eigenvalue weighted by molar-refractivity contribution is -0.137. The molecular weight excluding hydrogens is 397 g/mol. The van der Waals surface area contributed by atoms with Crippen LogP contribution >= 0.6 is 11.3 Å². The van der Waals surface area contributed by atoms with E-state index in [4.69, 9.17) is 4.74 Å². The van der Waals surface area contributed by atoms with Gasteiger partial charge < -0.3 is 9.64 Å². The van der Waals surface area contributed by atoms with Gasteiger partial charge in [-0.25, -0.2) is 4.98 Å². The molecule has 1 aliphatic heterocycles. The summed E-state index contributed by atoms with van der Waals surface area (Å²) in [6.45, 7) is 1.04. The van der Waals surface area contributed by atoms with E-state index in [-0.39, 0.29) is 0 Å². The van der Waals surface area contributed by atoms with E-state index in [2.05, 4.69) is 23.2 Å². The first kappa shape index (κ1) is 18.0. The van der Waals surface area contributed by atoms with Gasteiger partial charge in [-0.1, -0.05) is 42.5 Å². The molecule has 0 unspecified atom stereocenters. The highest BCUT2D eigenvalue weighted by molar-refractivity contribution is 7.14. The molecule has 3 nitrogen and oxygen atoms in total. The van der Waals surface area contributed by atoms with Gasteiger partial charge in [0, 0.05) is 16.5 Å². The van der Waals surface area contributed by atoms with Gasteiger partial charge >= 0.3 is 6.18 Å². The Morgan fingerprint density at radius 3 is 2.55 bits per heavy atom. The monoisotopic (exact) mass is 412 g/mol. The standard InChI is InChI=1S/C22H15F3N2OS/c23-22(24,25)16-8-5-15(6-9-16)19-12-29-21(26-19)27-11-18-17-4-2-1-3-14(17)7-10-20(18)28-13-27/h1-10,12H,11,13H2. The number of benzene rings is 3. The van der Waals surface area contributed by atoms with Gasteiger partial charge in [-0.2, -0.15) is 13.2 Å². The van der Waals surface area contributed by atoms with E-state index in [0.717, 1.165) is 39.3 Å². The molecule has 1 aliphatic rings. The molecule has 0 amide bonds. The van der Waals surface area contributed by atoms with Gasteiger partial charge in [-0.3, -0.25) is 0 Å². The van der Waals surface area contributed by atoms with Crippen molar-refractivity contribution in [1.82, 2.24) is 4.98 Å². The Morgan fingerprint density at radius 1 is 0.966 bits per heavy atom. The third-order valence-corrected chi connectivity index (χ3v) is 5.89. The predicted molar refractivity (Wildman–Crippen MR) is 108 cm³/mol. The number of alkyl halides is 3. The van der Waals surface area contributed by atoms with Crippen LogP contribution in [0.4, 0.5) is 18.3 Å². The number of nitrogens with zero attached hydrogens (tertiary/aromatic N) is 2. The van der Waals surface area contributed by atoms with Crippen molar-refractivity contribution in [2.24, 2.45) is 0 Å². The van der Waals surface area contributed by atoms with Crippen molar-refractivity contribution in [3.63, 3.8) is 0 Å². The molecule has 0 saturated carbocycles. The Balaban J connectivity index is 1.42. The third-order valence-electron chi connectivity index (χ3n) is 4.99. The summed E-state index contributed by atoms with van der Waals surface area (Å²) < 4.78 is 44.2. The quantitative estimate of drug-likeness (QED) is 0.384. The molecule has 0 fully saturated rings. The van der Waals surface area contributed by atoms with E-state index in [1.54, 1.807) is 0 Å². The summed E-state index contributed by atoms with van der Waals surface area (Å²) in [7, 11) is 0. The maximum absolute atomic E-state index is 12.8. The zero-order valence-electron chi connectivity index (χ0n) is 15.1. The largest absolute Gasteiger partial charge is 0.473 e. The number of hydrogen-bond acceptors (Lipinski definition) is 4. The highest BCUT2D eigenvalue weighted by atomic mass is 32.1. The molecule has 0 saturated heterocycles. The van der Waals surface area contributed by atoms with E-state index in [1.807, 2.05) is 28.5 Å². The molecule has 0 radical (unpaired) electrons. The average molecular weight is 412 g/mol. The number of hydrogen-bond donors (Lipinski definition) is 0. The molecule has 0 N–H and O–H groups in total. The Bertz CT molecular complexity index is 1180. The topological polar surface area (TPSA) is 25.4 Å². The van der Waals surface area contributed by atoms with Gasteiger partial charge in [0.1, 0.15) is 5.75 Å². The number of rotatable bonds is 2. The smallest absolute Gasteiger partial charge is 0.416 e. The Labute approximate surface area is 169 Å². The molecule has 4 aromatic rings. The van der Waals surface area contributed by atoms with Gasteiger partial charge in [0.05, 0.1) is 17.8 Å². The van der Waals surface area contributed by atoms with Crippen LogP contribution in [0.25, 0.3) is 22.0 Å². The summed E-state index contributed by atoms with van der Waals surface area (Å²) in [6.07, 6.45) is -4.34. The van der Waals surface area contributed by atoms with E-state index >= 15 is 0 Å². The van der Waals surface area contributed by atoms with Crippen molar-refractivity contribution >= 4 is 27.2 Å². The number of anilines is 1. The summed E-state index contributed by atoms with van der Waals surface area (Å²) in [6, 6.07) is 17.3. The third kappa shape index (κ3) is 3.31. The van der Waals surface area contributed by atoms with Crippen LogP contribution in [0.2, 0.25) is 0 Å². The van der Waals surface area contributed by atoms with Crippen molar-refractivity contribution in [3.8, 4) is 17.0 Å². The maximum Gasteiger partial charge on any atom is 0.416 e. The van der Waals surface area contributed by atoms with Crippen LogP contribution in [0.15, 0.2) is 66.0 Å². The lowest BCUT2D eigenvalue weighted by Crippen LogP contribution is -2.31. The van der Waals surface area contributed by atoms with Crippen LogP contribution in [-0.2, 0) is 12.7 Å². The molecule has 7 heteroatoms. The van der Waals surface area contributed by atoms with Crippen LogP contribution in [0, 0.1) is 0 Å². The minimum Gasteiger partial charge on any atom is -0.473 e. The van der Waals surface area contributed by atoms with Crippen molar-refractivity contribution in [3.05, 3.63) is 77.2 Å². The number of thiazole rings is 1. The SMILES string of the molecule is FC(F)(F)c1ccc(-c2csc(N3COc4ccc5ccccc5c4C3)n2)cc1. The highest BCUT2D eigenvalue weighted by Crippen LogP contribution is 2.36. The van der Waals surface area contributed by atoms with Crippen molar-refractivity contribution in [2.75, 3.05) is 11.6 Å². The molecular formula is C22H15F3N2OS. The Morgan fingerprint density at radius 2 is 1.76 bits per heavy atom. The van der Waals surface area contributed by atoms with Crippen molar-refractivity contribution < 1.29 is 17.9 Å². The van der Waals surface area contributed by atoms with E-state index in [0.29, 0.717) is 24.5 Å². The second-order valence-electron chi connectivity index (χ2n) is 6.83. The van der Waals surface area contributed by atoms with Crippen LogP contribution in [-0.4, -0.2) is 11.7 Å². The van der Waals surface area contributed by atoms with Crippen LogP contribution in [0.5, 0.6) is 5.75 Å². The minimum absolute atomic E-state index is 0.380. The van der Waals surface area contributed by atoms with E-state index < -0.39 is 11.7 Å². The first-order valence-electron chi connectivity index (χ1n) is 9.00. The molecule has 1 aromatic heterocycles. The van der Waals surface area contributed by atoms with Gasteiger partial charge in [0.15, 0.2) is 11.9 Å². The molecule has 0 atom stereocenters. The molecule has 29 heavy (non-hydrogen) atoms. The van der Waals surface area contributed by atoms with Gasteiger partial charge in [0.25, 0.3) is 0 Å². The van der Waals surface area contributed by atoms with Gasteiger partial charge in [-0.15, -0.1) is 11.3 Å². The molecule has 0 bridgehead atoms. The molecule has 2 heterocycles.